The molecule has 0 aliphatic heterocycles. The summed E-state index contributed by atoms with van der Waals surface area (Å²) in [4.78, 5) is 8.37. The van der Waals surface area contributed by atoms with Crippen molar-refractivity contribution in [1.29, 1.82) is 0 Å². The predicted octanol–water partition coefficient (Wildman–Crippen LogP) is 3.32. The van der Waals surface area contributed by atoms with Crippen molar-refractivity contribution in [3.05, 3.63) is 36.3 Å². The highest BCUT2D eigenvalue weighted by molar-refractivity contribution is 5.89. The van der Waals surface area contributed by atoms with Crippen molar-refractivity contribution < 1.29 is 13.2 Å². The number of nitrogens with one attached hydrogen (secondary N) is 2. The minimum atomic E-state index is -4.36. The summed E-state index contributed by atoms with van der Waals surface area (Å²) in [5.74, 6) is 0.511. The monoisotopic (exact) mass is 347 g/mol. The van der Waals surface area contributed by atoms with Gasteiger partial charge in [0.2, 0.25) is 0 Å². The van der Waals surface area contributed by atoms with Gasteiger partial charge in [-0.1, -0.05) is 0 Å². The minimum absolute atomic E-state index is 0.186. The van der Waals surface area contributed by atoms with Crippen LogP contribution < -0.4 is 5.32 Å². The molecule has 4 rings (SSSR count). The summed E-state index contributed by atoms with van der Waals surface area (Å²) < 4.78 is 38.8. The zero-order valence-electron chi connectivity index (χ0n) is 13.0. The van der Waals surface area contributed by atoms with Gasteiger partial charge in [-0.2, -0.15) is 23.4 Å². The second kappa shape index (κ2) is 5.43. The molecule has 4 aromatic rings. The Bertz CT molecular complexity index is 1060. The molecule has 0 saturated heterocycles. The molecule has 7 nitrogen and oxygen atoms in total. The summed E-state index contributed by atoms with van der Waals surface area (Å²) in [6, 6.07) is 5.32. The largest absolute Gasteiger partial charge is 0.408 e. The lowest BCUT2D eigenvalue weighted by molar-refractivity contribution is -0.141. The lowest BCUT2D eigenvalue weighted by atomic mass is 10.2. The summed E-state index contributed by atoms with van der Waals surface area (Å²) in [5.41, 5.74) is 2.67. The van der Waals surface area contributed by atoms with Crippen LogP contribution >= 0.6 is 0 Å². The molecule has 0 aliphatic carbocycles. The van der Waals surface area contributed by atoms with Crippen molar-refractivity contribution in [3.63, 3.8) is 0 Å². The van der Waals surface area contributed by atoms with E-state index in [-0.39, 0.29) is 5.65 Å². The van der Waals surface area contributed by atoms with E-state index in [0.717, 1.165) is 10.2 Å². The van der Waals surface area contributed by atoms with Gasteiger partial charge in [0, 0.05) is 11.6 Å². The van der Waals surface area contributed by atoms with Gasteiger partial charge < -0.3 is 5.32 Å². The van der Waals surface area contributed by atoms with Gasteiger partial charge in [0.05, 0.1) is 23.1 Å². The molecule has 25 heavy (non-hydrogen) atoms. The van der Waals surface area contributed by atoms with E-state index >= 15 is 0 Å². The van der Waals surface area contributed by atoms with E-state index in [1.165, 1.54) is 6.20 Å². The highest BCUT2D eigenvalue weighted by Gasteiger charge is 2.30. The van der Waals surface area contributed by atoms with Crippen molar-refractivity contribution in [1.82, 2.24) is 29.9 Å². The fourth-order valence-corrected chi connectivity index (χ4v) is 2.64. The molecule has 0 spiro atoms. The summed E-state index contributed by atoms with van der Waals surface area (Å²) in [6.07, 6.45) is -1.26. The average Bonchev–Trinajstić information content (AvgIpc) is 3.08. The maximum Gasteiger partial charge on any atom is 0.408 e. The Morgan fingerprint density at radius 1 is 1.28 bits per heavy atom. The first kappa shape index (κ1) is 15.4. The Morgan fingerprint density at radius 2 is 2.12 bits per heavy atom. The third-order valence-corrected chi connectivity index (χ3v) is 3.68. The molecular formula is C15H12F3N7. The Hall–Kier alpha value is -3.17. The molecular weight excluding hydrogens is 335 g/mol. The summed E-state index contributed by atoms with van der Waals surface area (Å²) >= 11 is 0. The van der Waals surface area contributed by atoms with Crippen LogP contribution in [0.25, 0.3) is 22.1 Å². The molecule has 0 saturated carbocycles. The number of fused-ring (bicyclic) bond motifs is 2. The van der Waals surface area contributed by atoms with Gasteiger partial charge in [-0.25, -0.2) is 9.67 Å². The molecule has 0 atom stereocenters. The van der Waals surface area contributed by atoms with Crippen molar-refractivity contribution >= 4 is 33.6 Å². The highest BCUT2D eigenvalue weighted by Crippen LogP contribution is 2.26. The van der Waals surface area contributed by atoms with Gasteiger partial charge in [-0.3, -0.25) is 10.1 Å². The number of aromatic nitrogens is 6. The van der Waals surface area contributed by atoms with Gasteiger partial charge in [-0.05, 0) is 25.1 Å². The quantitative estimate of drug-likeness (QED) is 0.594. The SMILES string of the molecule is Cc1nn(CC(F)(F)F)c2ncc(Nc3n[nH]c4cccnc34)cc12. The van der Waals surface area contributed by atoms with Crippen LogP contribution in [0, 0.1) is 6.92 Å². The molecule has 0 aliphatic rings. The number of aryl methyl sites for hydroxylation is 1. The molecule has 0 unspecified atom stereocenters. The van der Waals surface area contributed by atoms with Crippen molar-refractivity contribution in [2.45, 2.75) is 19.6 Å². The number of anilines is 2. The van der Waals surface area contributed by atoms with Crippen LogP contribution in [0.2, 0.25) is 0 Å². The number of hydrogen-bond acceptors (Lipinski definition) is 5. The van der Waals surface area contributed by atoms with E-state index in [1.807, 2.05) is 6.07 Å². The molecule has 0 amide bonds. The van der Waals surface area contributed by atoms with E-state index in [9.17, 15) is 13.2 Å². The first-order chi connectivity index (χ1) is 11.9. The van der Waals surface area contributed by atoms with Crippen LogP contribution in [0.4, 0.5) is 24.7 Å². The smallest absolute Gasteiger partial charge is 0.336 e. The Labute approximate surface area is 138 Å². The third kappa shape index (κ3) is 2.86. The average molecular weight is 347 g/mol. The normalized spacial score (nSPS) is 12.2. The van der Waals surface area contributed by atoms with Crippen LogP contribution in [0.3, 0.4) is 0 Å². The van der Waals surface area contributed by atoms with E-state index in [4.69, 9.17) is 0 Å². The maximum atomic E-state index is 12.6. The Balaban J connectivity index is 1.71. The summed E-state index contributed by atoms with van der Waals surface area (Å²) in [6.45, 7) is 0.469. The minimum Gasteiger partial charge on any atom is -0.336 e. The van der Waals surface area contributed by atoms with Crippen LogP contribution in [0.5, 0.6) is 0 Å². The van der Waals surface area contributed by atoms with Crippen molar-refractivity contribution in [3.8, 4) is 0 Å². The van der Waals surface area contributed by atoms with Crippen molar-refractivity contribution in [2.24, 2.45) is 0 Å². The van der Waals surface area contributed by atoms with Gasteiger partial charge in [0.15, 0.2) is 11.5 Å². The third-order valence-electron chi connectivity index (χ3n) is 3.68. The predicted molar refractivity (Wildman–Crippen MR) is 85.5 cm³/mol. The molecule has 4 heterocycles. The fraction of sp³-hybridized carbons (Fsp3) is 0.200. The second-order valence-electron chi connectivity index (χ2n) is 5.55. The second-order valence-corrected chi connectivity index (χ2v) is 5.55. The zero-order valence-corrected chi connectivity index (χ0v) is 13.0. The summed E-state index contributed by atoms with van der Waals surface area (Å²) in [5, 5.41) is 14.6. The number of aromatic amines is 1. The van der Waals surface area contributed by atoms with Gasteiger partial charge in [-0.15, -0.1) is 0 Å². The topological polar surface area (TPSA) is 84.3 Å². The molecule has 0 bridgehead atoms. The van der Waals surface area contributed by atoms with Gasteiger partial charge in [0.1, 0.15) is 12.1 Å². The lowest BCUT2D eigenvalue weighted by Crippen LogP contribution is -2.18. The molecule has 0 aromatic carbocycles. The van der Waals surface area contributed by atoms with Crippen LogP contribution in [0.15, 0.2) is 30.6 Å². The van der Waals surface area contributed by atoms with E-state index in [2.05, 4.69) is 30.6 Å². The molecule has 0 radical (unpaired) electrons. The summed E-state index contributed by atoms with van der Waals surface area (Å²) in [7, 11) is 0. The number of nitrogens with zero attached hydrogens (tertiary/aromatic N) is 5. The standard InChI is InChI=1S/C15H12F3N7/c1-8-10-5-9(6-20-14(10)25(24-8)7-15(16,17)18)21-13-12-11(22-23-13)3-2-4-19-12/h2-6H,7H2,1H3,(H2,21,22,23). The number of H-pyrrole nitrogens is 1. The molecule has 10 heteroatoms. The molecule has 0 fully saturated rings. The number of halogens is 3. The number of alkyl halides is 3. The molecule has 128 valence electrons. The van der Waals surface area contributed by atoms with E-state index in [1.54, 1.807) is 25.3 Å². The maximum absolute atomic E-state index is 12.6. The zero-order chi connectivity index (χ0) is 17.6. The fourth-order valence-electron chi connectivity index (χ4n) is 2.64. The first-order valence-corrected chi connectivity index (χ1v) is 7.37. The van der Waals surface area contributed by atoms with E-state index < -0.39 is 12.7 Å². The number of hydrogen-bond donors (Lipinski definition) is 2. The lowest BCUT2D eigenvalue weighted by Gasteiger charge is -2.07. The molecule has 4 aromatic heterocycles. The Kier molecular flexibility index (Phi) is 3.34. The number of rotatable bonds is 3. The van der Waals surface area contributed by atoms with Crippen LogP contribution in [-0.4, -0.2) is 36.1 Å². The van der Waals surface area contributed by atoms with Crippen LogP contribution in [0.1, 0.15) is 5.69 Å². The molecule has 2 N–H and O–H groups in total. The number of pyridine rings is 2. The Morgan fingerprint density at radius 3 is 2.92 bits per heavy atom. The highest BCUT2D eigenvalue weighted by atomic mass is 19.4. The van der Waals surface area contributed by atoms with Crippen LogP contribution in [-0.2, 0) is 6.54 Å². The van der Waals surface area contributed by atoms with Gasteiger partial charge in [0.25, 0.3) is 0 Å². The first-order valence-electron chi connectivity index (χ1n) is 7.37. The van der Waals surface area contributed by atoms with Crippen molar-refractivity contribution in [2.75, 3.05) is 5.32 Å². The van der Waals surface area contributed by atoms with Gasteiger partial charge >= 0.3 is 6.18 Å². The van der Waals surface area contributed by atoms with E-state index in [0.29, 0.717) is 28.1 Å².